The number of rotatable bonds is 1. The van der Waals surface area contributed by atoms with E-state index in [9.17, 15) is 18.8 Å². The second kappa shape index (κ2) is 4.85. The van der Waals surface area contributed by atoms with Crippen molar-refractivity contribution in [1.82, 2.24) is 0 Å². The largest absolute Gasteiger partial charge is 0.299 e. The lowest BCUT2D eigenvalue weighted by molar-refractivity contribution is -0.134. The second-order valence-electron chi connectivity index (χ2n) is 6.90. The second-order valence-corrected chi connectivity index (χ2v) is 6.90. The third-order valence-electron chi connectivity index (χ3n) is 5.78. The minimum Gasteiger partial charge on any atom is -0.299 e. The van der Waals surface area contributed by atoms with Crippen LogP contribution in [0.2, 0.25) is 0 Å². The number of benzene rings is 2. The number of hydrogen-bond acceptors (Lipinski definition) is 3. The fraction of sp³-hybridized carbons (Fsp3) is 0.250. The monoisotopic (exact) mass is 335 g/mol. The lowest BCUT2D eigenvalue weighted by Gasteiger charge is -2.43. The zero-order valence-corrected chi connectivity index (χ0v) is 13.2. The molecule has 1 aliphatic heterocycles. The third-order valence-corrected chi connectivity index (χ3v) is 5.78. The Morgan fingerprint density at radius 2 is 1.48 bits per heavy atom. The average Bonchev–Trinajstić information content (AvgIpc) is 2.88. The molecule has 2 fully saturated rings. The van der Waals surface area contributed by atoms with Gasteiger partial charge in [0.2, 0.25) is 11.8 Å². The van der Waals surface area contributed by atoms with E-state index in [2.05, 4.69) is 0 Å². The van der Waals surface area contributed by atoms with E-state index in [1.165, 1.54) is 18.2 Å². The summed E-state index contributed by atoms with van der Waals surface area (Å²) in [5.41, 5.74) is 1.80. The predicted molar refractivity (Wildman–Crippen MR) is 87.4 cm³/mol. The predicted octanol–water partition coefficient (Wildman–Crippen LogP) is 2.79. The van der Waals surface area contributed by atoms with Gasteiger partial charge in [-0.3, -0.25) is 14.4 Å². The van der Waals surface area contributed by atoms with Crippen molar-refractivity contribution in [3.8, 4) is 0 Å². The van der Waals surface area contributed by atoms with Crippen molar-refractivity contribution in [3.63, 3.8) is 0 Å². The molecule has 3 aliphatic carbocycles. The van der Waals surface area contributed by atoms with Crippen LogP contribution in [-0.2, 0) is 14.4 Å². The van der Waals surface area contributed by atoms with Gasteiger partial charge in [0, 0.05) is 12.3 Å². The van der Waals surface area contributed by atoms with E-state index in [-0.39, 0.29) is 23.8 Å². The van der Waals surface area contributed by atoms with Gasteiger partial charge in [-0.15, -0.1) is 0 Å². The number of anilines is 1. The number of hydrogen-bond donors (Lipinski definition) is 0. The van der Waals surface area contributed by atoms with Crippen LogP contribution < -0.4 is 4.90 Å². The highest BCUT2D eigenvalue weighted by molar-refractivity contribution is 6.24. The molecular weight excluding hydrogens is 321 g/mol. The molecule has 0 aromatic heterocycles. The van der Waals surface area contributed by atoms with E-state index in [4.69, 9.17) is 0 Å². The van der Waals surface area contributed by atoms with Gasteiger partial charge in [0.15, 0.2) is 0 Å². The van der Waals surface area contributed by atoms with E-state index in [1.54, 1.807) is 6.07 Å². The summed E-state index contributed by atoms with van der Waals surface area (Å²) in [6.45, 7) is 0. The Bertz CT molecular complexity index is 953. The number of Topliss-reactive ketones (excluding diaryl/α,β-unsaturated/α-hetero) is 1. The molecule has 1 saturated carbocycles. The summed E-state index contributed by atoms with van der Waals surface area (Å²) < 4.78 is 14.2. The number of imide groups is 1. The van der Waals surface area contributed by atoms with Crippen molar-refractivity contribution in [2.45, 2.75) is 18.3 Å². The van der Waals surface area contributed by atoms with E-state index >= 15 is 0 Å². The van der Waals surface area contributed by atoms with Gasteiger partial charge in [-0.2, -0.15) is 0 Å². The van der Waals surface area contributed by atoms with Crippen LogP contribution in [0, 0.1) is 17.7 Å². The molecule has 5 heteroatoms. The number of carbonyl (C=O) groups excluding carboxylic acids is 3. The van der Waals surface area contributed by atoms with Crippen molar-refractivity contribution in [1.29, 1.82) is 0 Å². The van der Waals surface area contributed by atoms with Gasteiger partial charge in [-0.05, 0) is 23.3 Å². The summed E-state index contributed by atoms with van der Waals surface area (Å²) in [6, 6.07) is 13.3. The molecule has 1 heterocycles. The van der Waals surface area contributed by atoms with Crippen LogP contribution in [0.25, 0.3) is 0 Å². The average molecular weight is 335 g/mol. The molecule has 6 rings (SSSR count). The first-order chi connectivity index (χ1) is 12.1. The molecular formula is C20H14FNO3. The highest BCUT2D eigenvalue weighted by Gasteiger charge is 2.62. The van der Waals surface area contributed by atoms with E-state index in [0.29, 0.717) is 0 Å². The molecule has 2 aromatic carbocycles. The molecule has 25 heavy (non-hydrogen) atoms. The van der Waals surface area contributed by atoms with Crippen molar-refractivity contribution < 1.29 is 18.8 Å². The molecule has 0 spiro atoms. The number of para-hydroxylation sites is 1. The summed E-state index contributed by atoms with van der Waals surface area (Å²) in [4.78, 5) is 39.6. The van der Waals surface area contributed by atoms with Gasteiger partial charge >= 0.3 is 0 Å². The van der Waals surface area contributed by atoms with Crippen LogP contribution in [0.4, 0.5) is 10.1 Å². The third kappa shape index (κ3) is 1.73. The Labute approximate surface area is 143 Å². The Kier molecular flexibility index (Phi) is 2.82. The zero-order valence-electron chi connectivity index (χ0n) is 13.2. The van der Waals surface area contributed by atoms with Crippen LogP contribution in [0.3, 0.4) is 0 Å². The first kappa shape index (κ1) is 14.5. The van der Waals surface area contributed by atoms with Gasteiger partial charge in [0.25, 0.3) is 0 Å². The molecule has 0 unspecified atom stereocenters. The summed E-state index contributed by atoms with van der Waals surface area (Å²) in [5.74, 6) is -3.65. The number of halogens is 1. The summed E-state index contributed by atoms with van der Waals surface area (Å²) >= 11 is 0. The molecule has 2 amide bonds. The lowest BCUT2D eigenvalue weighted by atomic mass is 9.56. The smallest absolute Gasteiger partial charge is 0.238 e. The molecule has 0 N–H and O–H groups in total. The minimum absolute atomic E-state index is 0.00137. The maximum atomic E-state index is 14.2. The van der Waals surface area contributed by atoms with Crippen molar-refractivity contribution in [2.24, 2.45) is 11.8 Å². The normalized spacial score (nSPS) is 29.8. The van der Waals surface area contributed by atoms with Crippen LogP contribution in [0.15, 0.2) is 48.5 Å². The van der Waals surface area contributed by atoms with Crippen LogP contribution in [0.5, 0.6) is 0 Å². The maximum Gasteiger partial charge on any atom is 0.238 e. The minimum atomic E-state index is -0.715. The summed E-state index contributed by atoms with van der Waals surface area (Å²) in [7, 11) is 0. The number of fused-ring (bicyclic) bond motifs is 1. The molecule has 124 valence electrons. The van der Waals surface area contributed by atoms with Gasteiger partial charge < -0.3 is 0 Å². The van der Waals surface area contributed by atoms with Crippen molar-refractivity contribution >= 4 is 23.3 Å². The van der Waals surface area contributed by atoms with E-state index in [1.807, 2.05) is 24.3 Å². The van der Waals surface area contributed by atoms with Crippen LogP contribution in [0.1, 0.15) is 29.4 Å². The Hall–Kier alpha value is -2.82. The number of carbonyl (C=O) groups is 3. The Morgan fingerprint density at radius 1 is 0.840 bits per heavy atom. The highest BCUT2D eigenvalue weighted by Crippen LogP contribution is 2.57. The molecule has 2 bridgehead atoms. The van der Waals surface area contributed by atoms with Gasteiger partial charge in [-0.25, -0.2) is 9.29 Å². The first-order valence-corrected chi connectivity index (χ1v) is 8.33. The summed E-state index contributed by atoms with van der Waals surface area (Å²) in [6.07, 6.45) is 0.271. The molecule has 4 aliphatic rings. The van der Waals surface area contributed by atoms with Crippen molar-refractivity contribution in [2.75, 3.05) is 4.90 Å². The molecule has 0 radical (unpaired) electrons. The van der Waals surface area contributed by atoms with Crippen molar-refractivity contribution in [3.05, 3.63) is 65.5 Å². The number of amides is 2. The lowest BCUT2D eigenvalue weighted by Crippen LogP contribution is -2.44. The van der Waals surface area contributed by atoms with E-state index in [0.717, 1.165) is 16.0 Å². The fourth-order valence-electron chi connectivity index (χ4n) is 4.83. The zero-order chi connectivity index (χ0) is 17.3. The number of ketones is 1. The molecule has 4 nitrogen and oxygen atoms in total. The van der Waals surface area contributed by atoms with Gasteiger partial charge in [0.1, 0.15) is 11.6 Å². The Balaban J connectivity index is 1.68. The first-order valence-electron chi connectivity index (χ1n) is 8.33. The Morgan fingerprint density at radius 3 is 2.24 bits per heavy atom. The SMILES string of the molecule is O=C1C[C@H]2c3ccccc3[C@H]1[C@@H]1C(=O)N(c3ccccc3F)C(=O)[C@H]12. The highest BCUT2D eigenvalue weighted by atomic mass is 19.1. The van der Waals surface area contributed by atoms with Gasteiger partial charge in [-0.1, -0.05) is 36.4 Å². The summed E-state index contributed by atoms with van der Waals surface area (Å²) in [5, 5.41) is 0. The van der Waals surface area contributed by atoms with E-state index < -0.39 is 35.4 Å². The topological polar surface area (TPSA) is 54.5 Å². The maximum absolute atomic E-state index is 14.2. The van der Waals surface area contributed by atoms with Crippen LogP contribution >= 0.6 is 0 Å². The standard InChI is InChI=1S/C20H14FNO3/c21-13-7-3-4-8-14(13)22-19(24)17-12-9-15(23)16(18(17)20(22)25)11-6-2-1-5-10(11)12/h1-8,12,16-18H,9H2/t12-,16+,17-,18-/m0/s1. The van der Waals surface area contributed by atoms with Gasteiger partial charge in [0.05, 0.1) is 23.4 Å². The van der Waals surface area contributed by atoms with Crippen LogP contribution in [-0.4, -0.2) is 17.6 Å². The quantitative estimate of drug-likeness (QED) is 0.753. The molecule has 2 aromatic rings. The molecule has 1 saturated heterocycles. The number of nitrogens with zero attached hydrogens (tertiary/aromatic N) is 1. The molecule has 4 atom stereocenters. The fourth-order valence-corrected chi connectivity index (χ4v) is 4.83.